The predicted molar refractivity (Wildman–Crippen MR) is 84.4 cm³/mol. The van der Waals surface area contributed by atoms with Crippen molar-refractivity contribution >= 4 is 28.0 Å². The molecule has 22 heavy (non-hydrogen) atoms. The number of carbonyl (C=O) groups is 2. The standard InChI is InChI=1S/C16H14N2O3S/c1-10(19)11-3-4-14(21-2)13(7-11)8-15(20)18-16-12(9-17)5-6-22-16/h3-7H,8H2,1-2H3,(H,18,20). The Morgan fingerprint density at radius 2 is 2.14 bits per heavy atom. The molecule has 0 saturated heterocycles. The molecule has 0 saturated carbocycles. The number of benzene rings is 1. The normalized spacial score (nSPS) is 9.86. The number of nitrogens with zero attached hydrogens (tertiary/aromatic N) is 1. The van der Waals surface area contributed by atoms with Crippen LogP contribution in [0.1, 0.15) is 28.4 Å². The van der Waals surface area contributed by atoms with Crippen LogP contribution in [0, 0.1) is 11.3 Å². The topological polar surface area (TPSA) is 79.2 Å². The van der Waals surface area contributed by atoms with E-state index in [-0.39, 0.29) is 18.1 Å². The third kappa shape index (κ3) is 3.51. The van der Waals surface area contributed by atoms with Gasteiger partial charge in [-0.3, -0.25) is 9.59 Å². The summed E-state index contributed by atoms with van der Waals surface area (Å²) in [5.74, 6) is 0.208. The number of anilines is 1. The molecule has 1 amide bonds. The van der Waals surface area contributed by atoms with Crippen molar-refractivity contribution in [3.63, 3.8) is 0 Å². The number of amides is 1. The molecule has 0 radical (unpaired) electrons. The number of carbonyl (C=O) groups excluding carboxylic acids is 2. The summed E-state index contributed by atoms with van der Waals surface area (Å²) < 4.78 is 5.22. The molecular weight excluding hydrogens is 300 g/mol. The number of Topliss-reactive ketones (excluding diaryl/α,β-unsaturated/α-hetero) is 1. The zero-order valence-corrected chi connectivity index (χ0v) is 13.0. The van der Waals surface area contributed by atoms with Crippen LogP contribution in [0.25, 0.3) is 0 Å². The third-order valence-corrected chi connectivity index (χ3v) is 3.91. The van der Waals surface area contributed by atoms with Gasteiger partial charge in [-0.25, -0.2) is 0 Å². The lowest BCUT2D eigenvalue weighted by Crippen LogP contribution is -2.15. The minimum absolute atomic E-state index is 0.0626. The molecule has 0 spiro atoms. The minimum Gasteiger partial charge on any atom is -0.496 e. The highest BCUT2D eigenvalue weighted by molar-refractivity contribution is 7.14. The summed E-state index contributed by atoms with van der Waals surface area (Å²) in [6.45, 7) is 1.47. The molecule has 1 aromatic heterocycles. The lowest BCUT2D eigenvalue weighted by Gasteiger charge is -2.10. The fourth-order valence-corrected chi connectivity index (χ4v) is 2.73. The Kier molecular flexibility index (Phi) is 4.92. The van der Waals surface area contributed by atoms with Crippen LogP contribution in [0.4, 0.5) is 5.00 Å². The lowest BCUT2D eigenvalue weighted by atomic mass is 10.0. The molecule has 2 rings (SSSR count). The van der Waals surface area contributed by atoms with Crippen LogP contribution in [0.2, 0.25) is 0 Å². The van der Waals surface area contributed by atoms with Crippen molar-refractivity contribution in [3.05, 3.63) is 46.3 Å². The van der Waals surface area contributed by atoms with E-state index >= 15 is 0 Å². The Labute approximate surface area is 132 Å². The van der Waals surface area contributed by atoms with E-state index in [0.29, 0.717) is 27.4 Å². The van der Waals surface area contributed by atoms with Crippen LogP contribution in [-0.4, -0.2) is 18.8 Å². The van der Waals surface area contributed by atoms with Gasteiger partial charge in [0.2, 0.25) is 5.91 Å². The smallest absolute Gasteiger partial charge is 0.229 e. The second-order valence-electron chi connectivity index (χ2n) is 4.58. The maximum absolute atomic E-state index is 12.1. The fourth-order valence-electron chi connectivity index (χ4n) is 1.97. The molecule has 1 N–H and O–H groups in total. The van der Waals surface area contributed by atoms with Gasteiger partial charge in [0.1, 0.15) is 16.8 Å². The molecule has 0 aliphatic heterocycles. The van der Waals surface area contributed by atoms with Crippen LogP contribution in [0.5, 0.6) is 5.75 Å². The Hall–Kier alpha value is -2.65. The zero-order valence-electron chi connectivity index (χ0n) is 12.2. The molecule has 0 bridgehead atoms. The van der Waals surface area contributed by atoms with Gasteiger partial charge in [0, 0.05) is 11.1 Å². The lowest BCUT2D eigenvalue weighted by molar-refractivity contribution is -0.115. The molecule has 5 nitrogen and oxygen atoms in total. The van der Waals surface area contributed by atoms with Gasteiger partial charge in [0.25, 0.3) is 0 Å². The minimum atomic E-state index is -0.266. The van der Waals surface area contributed by atoms with Gasteiger partial charge in [0.05, 0.1) is 19.1 Å². The molecule has 112 valence electrons. The monoisotopic (exact) mass is 314 g/mol. The molecular formula is C16H14N2O3S. The number of nitrogens with one attached hydrogen (secondary N) is 1. The maximum atomic E-state index is 12.1. The number of hydrogen-bond donors (Lipinski definition) is 1. The summed E-state index contributed by atoms with van der Waals surface area (Å²) in [7, 11) is 1.51. The van der Waals surface area contributed by atoms with Gasteiger partial charge in [-0.15, -0.1) is 11.3 Å². The maximum Gasteiger partial charge on any atom is 0.229 e. The second-order valence-corrected chi connectivity index (χ2v) is 5.50. The first-order valence-corrected chi connectivity index (χ1v) is 7.38. The number of ether oxygens (including phenoxy) is 1. The van der Waals surface area contributed by atoms with Crippen LogP contribution in [0.3, 0.4) is 0 Å². The quantitative estimate of drug-likeness (QED) is 0.860. The average molecular weight is 314 g/mol. The Bertz CT molecular complexity index is 759. The van der Waals surface area contributed by atoms with E-state index < -0.39 is 0 Å². The average Bonchev–Trinajstić information content (AvgIpc) is 2.94. The molecule has 0 aliphatic carbocycles. The number of ketones is 1. The third-order valence-electron chi connectivity index (χ3n) is 3.08. The second kappa shape index (κ2) is 6.87. The van der Waals surface area contributed by atoms with E-state index in [1.165, 1.54) is 25.4 Å². The first-order valence-electron chi connectivity index (χ1n) is 6.50. The van der Waals surface area contributed by atoms with Crippen LogP contribution >= 0.6 is 11.3 Å². The van der Waals surface area contributed by atoms with Crippen molar-refractivity contribution in [1.82, 2.24) is 0 Å². The Morgan fingerprint density at radius 3 is 2.77 bits per heavy atom. The predicted octanol–water partition coefficient (Wildman–Crippen LogP) is 3.01. The number of methoxy groups -OCH3 is 1. The molecule has 0 aliphatic rings. The van der Waals surface area contributed by atoms with Gasteiger partial charge in [-0.2, -0.15) is 5.26 Å². The number of rotatable bonds is 5. The summed E-state index contributed by atoms with van der Waals surface area (Å²) in [6, 6.07) is 8.66. The van der Waals surface area contributed by atoms with Gasteiger partial charge in [0.15, 0.2) is 5.78 Å². The summed E-state index contributed by atoms with van der Waals surface area (Å²) in [4.78, 5) is 23.6. The summed E-state index contributed by atoms with van der Waals surface area (Å²) in [6.07, 6.45) is 0.0626. The highest BCUT2D eigenvalue weighted by Gasteiger charge is 2.13. The molecule has 1 heterocycles. The van der Waals surface area contributed by atoms with Crippen molar-refractivity contribution < 1.29 is 14.3 Å². The molecule has 2 aromatic rings. The van der Waals surface area contributed by atoms with E-state index in [0.717, 1.165) is 0 Å². The van der Waals surface area contributed by atoms with E-state index in [1.807, 2.05) is 6.07 Å². The zero-order chi connectivity index (χ0) is 16.1. The number of hydrogen-bond acceptors (Lipinski definition) is 5. The number of thiophene rings is 1. The summed E-state index contributed by atoms with van der Waals surface area (Å²) in [5.41, 5.74) is 1.59. The first kappa shape index (κ1) is 15.7. The largest absolute Gasteiger partial charge is 0.496 e. The highest BCUT2D eigenvalue weighted by Crippen LogP contribution is 2.24. The van der Waals surface area contributed by atoms with Gasteiger partial charge < -0.3 is 10.1 Å². The Balaban J connectivity index is 2.19. The van der Waals surface area contributed by atoms with Crippen LogP contribution in [-0.2, 0) is 11.2 Å². The molecule has 6 heteroatoms. The molecule has 0 atom stereocenters. The van der Waals surface area contributed by atoms with E-state index in [4.69, 9.17) is 10.00 Å². The molecule has 0 unspecified atom stereocenters. The van der Waals surface area contributed by atoms with Gasteiger partial charge >= 0.3 is 0 Å². The van der Waals surface area contributed by atoms with Crippen molar-refractivity contribution in [3.8, 4) is 11.8 Å². The summed E-state index contributed by atoms with van der Waals surface area (Å²) in [5, 5.41) is 13.9. The van der Waals surface area contributed by atoms with Crippen molar-refractivity contribution in [2.45, 2.75) is 13.3 Å². The van der Waals surface area contributed by atoms with E-state index in [9.17, 15) is 9.59 Å². The van der Waals surface area contributed by atoms with E-state index in [1.54, 1.807) is 29.6 Å². The Morgan fingerprint density at radius 1 is 1.36 bits per heavy atom. The van der Waals surface area contributed by atoms with Crippen molar-refractivity contribution in [2.24, 2.45) is 0 Å². The number of nitriles is 1. The van der Waals surface area contributed by atoms with Gasteiger partial charge in [-0.1, -0.05) is 0 Å². The van der Waals surface area contributed by atoms with E-state index in [2.05, 4.69) is 5.32 Å². The molecule has 1 aromatic carbocycles. The van der Waals surface area contributed by atoms with Crippen molar-refractivity contribution in [2.75, 3.05) is 12.4 Å². The van der Waals surface area contributed by atoms with Gasteiger partial charge in [-0.05, 0) is 36.6 Å². The fraction of sp³-hybridized carbons (Fsp3) is 0.188. The van der Waals surface area contributed by atoms with Crippen LogP contribution in [0.15, 0.2) is 29.6 Å². The van der Waals surface area contributed by atoms with Crippen LogP contribution < -0.4 is 10.1 Å². The van der Waals surface area contributed by atoms with Crippen molar-refractivity contribution in [1.29, 1.82) is 5.26 Å². The first-order chi connectivity index (χ1) is 10.5. The molecule has 0 fully saturated rings. The highest BCUT2D eigenvalue weighted by atomic mass is 32.1. The SMILES string of the molecule is COc1ccc(C(C)=O)cc1CC(=O)Nc1sccc1C#N. The summed E-state index contributed by atoms with van der Waals surface area (Å²) >= 11 is 1.29.